The molecule has 2 rings (SSSR count). The molecule has 11 nitrogen and oxygen atoms in total. The molecular weight excluding hydrogens is 296 g/mol. The average molecular weight is 314 g/mol. The van der Waals surface area contributed by atoms with Gasteiger partial charge in [-0.25, -0.2) is 20.3 Å². The standard InChI is InChI=1S/C11H18N6O5/c1-14-10(9(5-13-14)17(21)22)15-3-2-7(4-8(18)6-15)16(12)11(19)20/h5,7-8,18H,2-4,6,12H2,1H3,(H,19,20). The maximum Gasteiger partial charge on any atom is 0.421 e. The van der Waals surface area contributed by atoms with E-state index in [1.54, 1.807) is 11.9 Å². The monoisotopic (exact) mass is 314 g/mol. The van der Waals surface area contributed by atoms with Crippen molar-refractivity contribution in [3.05, 3.63) is 16.3 Å². The van der Waals surface area contributed by atoms with Crippen LogP contribution in [0.25, 0.3) is 0 Å². The molecule has 1 aliphatic heterocycles. The Bertz CT molecular complexity index is 575. The van der Waals surface area contributed by atoms with E-state index in [2.05, 4.69) is 5.10 Å². The second-order valence-corrected chi connectivity index (χ2v) is 5.20. The fourth-order valence-electron chi connectivity index (χ4n) is 2.67. The number of carboxylic acid groups (broad SMARTS) is 1. The fourth-order valence-corrected chi connectivity index (χ4v) is 2.67. The second-order valence-electron chi connectivity index (χ2n) is 5.20. The van der Waals surface area contributed by atoms with Gasteiger partial charge in [0, 0.05) is 20.1 Å². The van der Waals surface area contributed by atoms with Gasteiger partial charge in [0.2, 0.25) is 5.82 Å². The number of anilines is 1. The van der Waals surface area contributed by atoms with Gasteiger partial charge in [-0.15, -0.1) is 0 Å². The lowest BCUT2D eigenvalue weighted by Gasteiger charge is -2.24. The number of aliphatic hydroxyl groups excluding tert-OH is 1. The lowest BCUT2D eigenvalue weighted by molar-refractivity contribution is -0.384. The molecule has 1 aromatic rings. The van der Waals surface area contributed by atoms with Crippen LogP contribution in [0.5, 0.6) is 0 Å². The van der Waals surface area contributed by atoms with Crippen molar-refractivity contribution in [1.82, 2.24) is 14.8 Å². The minimum Gasteiger partial charge on any atom is -0.464 e. The average Bonchev–Trinajstić information content (AvgIpc) is 2.72. The number of aliphatic hydroxyl groups is 1. The number of nitrogens with zero attached hydrogens (tertiary/aromatic N) is 5. The summed E-state index contributed by atoms with van der Waals surface area (Å²) in [6.45, 7) is 0.466. The number of carbonyl (C=O) groups is 1. The summed E-state index contributed by atoms with van der Waals surface area (Å²) in [6, 6.07) is -0.551. The highest BCUT2D eigenvalue weighted by Crippen LogP contribution is 2.29. The van der Waals surface area contributed by atoms with Gasteiger partial charge in [-0.2, -0.15) is 5.10 Å². The molecule has 11 heteroatoms. The summed E-state index contributed by atoms with van der Waals surface area (Å²) in [5, 5.41) is 34.6. The van der Waals surface area contributed by atoms with E-state index in [4.69, 9.17) is 10.9 Å². The first-order chi connectivity index (χ1) is 10.3. The normalized spacial score (nSPS) is 22.2. The van der Waals surface area contributed by atoms with Crippen LogP contribution in [0.15, 0.2) is 6.20 Å². The minimum absolute atomic E-state index is 0.143. The van der Waals surface area contributed by atoms with Crippen LogP contribution in [0.1, 0.15) is 12.8 Å². The third-order valence-electron chi connectivity index (χ3n) is 3.71. The SMILES string of the molecule is Cn1ncc([N+](=O)[O-])c1N1CCC(N(N)C(=O)O)CC(O)C1. The molecule has 0 saturated carbocycles. The highest BCUT2D eigenvalue weighted by Gasteiger charge is 2.32. The minimum atomic E-state index is -1.28. The second kappa shape index (κ2) is 6.15. The van der Waals surface area contributed by atoms with E-state index in [1.807, 2.05) is 0 Å². The van der Waals surface area contributed by atoms with E-state index >= 15 is 0 Å². The number of hydrogen-bond donors (Lipinski definition) is 3. The van der Waals surface area contributed by atoms with Crippen molar-refractivity contribution in [2.24, 2.45) is 12.9 Å². The smallest absolute Gasteiger partial charge is 0.421 e. The Morgan fingerprint density at radius 3 is 2.91 bits per heavy atom. The molecule has 122 valence electrons. The van der Waals surface area contributed by atoms with Gasteiger partial charge < -0.3 is 15.1 Å². The predicted octanol–water partition coefficient (Wildman–Crippen LogP) is -0.488. The maximum atomic E-state index is 11.1. The molecule has 2 unspecified atom stereocenters. The molecule has 4 N–H and O–H groups in total. The van der Waals surface area contributed by atoms with Crippen LogP contribution < -0.4 is 10.7 Å². The highest BCUT2D eigenvalue weighted by atomic mass is 16.6. The largest absolute Gasteiger partial charge is 0.464 e. The molecule has 1 aromatic heterocycles. The molecule has 0 radical (unpaired) electrons. The Balaban J connectivity index is 2.23. The van der Waals surface area contributed by atoms with Crippen molar-refractivity contribution in [3.63, 3.8) is 0 Å². The van der Waals surface area contributed by atoms with Crippen molar-refractivity contribution >= 4 is 17.6 Å². The molecule has 2 atom stereocenters. The van der Waals surface area contributed by atoms with Crippen LogP contribution in [0.4, 0.5) is 16.3 Å². The molecule has 0 bridgehead atoms. The molecule has 2 heterocycles. The third kappa shape index (κ3) is 3.09. The summed E-state index contributed by atoms with van der Waals surface area (Å²) in [7, 11) is 1.57. The Morgan fingerprint density at radius 2 is 2.32 bits per heavy atom. The summed E-state index contributed by atoms with van der Waals surface area (Å²) in [4.78, 5) is 23.1. The van der Waals surface area contributed by atoms with Crippen LogP contribution in [0.3, 0.4) is 0 Å². The van der Waals surface area contributed by atoms with Gasteiger partial charge in [0.15, 0.2) is 0 Å². The quantitative estimate of drug-likeness (QED) is 0.292. The zero-order chi connectivity index (χ0) is 16.4. The molecule has 0 aliphatic carbocycles. The Morgan fingerprint density at radius 1 is 1.64 bits per heavy atom. The van der Waals surface area contributed by atoms with Gasteiger partial charge >= 0.3 is 11.8 Å². The Hall–Kier alpha value is -2.40. The first-order valence-electron chi connectivity index (χ1n) is 6.67. The van der Waals surface area contributed by atoms with Crippen LogP contribution in [0.2, 0.25) is 0 Å². The van der Waals surface area contributed by atoms with E-state index in [1.165, 1.54) is 4.68 Å². The zero-order valence-electron chi connectivity index (χ0n) is 12.0. The number of hydrazine groups is 1. The number of nitrogens with two attached hydrogens (primary N) is 1. The fraction of sp³-hybridized carbons (Fsp3) is 0.636. The maximum absolute atomic E-state index is 11.1. The molecule has 22 heavy (non-hydrogen) atoms. The highest BCUT2D eigenvalue weighted by molar-refractivity contribution is 5.64. The van der Waals surface area contributed by atoms with Crippen molar-refractivity contribution in [3.8, 4) is 0 Å². The lowest BCUT2D eigenvalue weighted by Crippen LogP contribution is -2.46. The summed E-state index contributed by atoms with van der Waals surface area (Å²) in [6.07, 6.45) is -0.464. The molecule has 0 spiro atoms. The van der Waals surface area contributed by atoms with Crippen molar-refractivity contribution in [1.29, 1.82) is 0 Å². The molecule has 1 amide bonds. The topological polar surface area (TPSA) is 151 Å². The molecule has 0 aromatic carbocycles. The molecular formula is C11H18N6O5. The summed E-state index contributed by atoms with van der Waals surface area (Å²) >= 11 is 0. The Labute approximate surface area is 125 Å². The summed E-state index contributed by atoms with van der Waals surface area (Å²) in [5.41, 5.74) is -0.156. The van der Waals surface area contributed by atoms with Crippen molar-refractivity contribution in [2.45, 2.75) is 25.0 Å². The van der Waals surface area contributed by atoms with Crippen molar-refractivity contribution in [2.75, 3.05) is 18.0 Å². The first kappa shape index (κ1) is 16.0. The number of β-amino-alcohol motifs (C(OH)–C–C–N with tert-alkyl or cyclic N) is 1. The third-order valence-corrected chi connectivity index (χ3v) is 3.71. The number of nitro groups is 1. The predicted molar refractivity (Wildman–Crippen MR) is 75.2 cm³/mol. The van der Waals surface area contributed by atoms with Gasteiger partial charge in [-0.3, -0.25) is 10.1 Å². The van der Waals surface area contributed by atoms with E-state index < -0.39 is 23.2 Å². The van der Waals surface area contributed by atoms with Gasteiger partial charge in [-0.05, 0) is 12.8 Å². The van der Waals surface area contributed by atoms with Crippen molar-refractivity contribution < 1.29 is 19.9 Å². The number of aromatic nitrogens is 2. The lowest BCUT2D eigenvalue weighted by atomic mass is 10.1. The van der Waals surface area contributed by atoms with E-state index in [-0.39, 0.29) is 24.5 Å². The number of amides is 1. The van der Waals surface area contributed by atoms with E-state index in [0.29, 0.717) is 18.0 Å². The van der Waals surface area contributed by atoms with Crippen LogP contribution in [-0.2, 0) is 7.05 Å². The van der Waals surface area contributed by atoms with Gasteiger partial charge in [0.1, 0.15) is 6.20 Å². The first-order valence-corrected chi connectivity index (χ1v) is 6.67. The summed E-state index contributed by atoms with van der Waals surface area (Å²) in [5.74, 6) is 5.75. The molecule has 1 aliphatic rings. The molecule has 1 fully saturated rings. The molecule has 1 saturated heterocycles. The van der Waals surface area contributed by atoms with Gasteiger partial charge in [0.05, 0.1) is 17.1 Å². The van der Waals surface area contributed by atoms with Crippen LogP contribution in [-0.4, -0.2) is 61.3 Å². The Kier molecular flexibility index (Phi) is 4.47. The van der Waals surface area contributed by atoms with Crippen LogP contribution in [0, 0.1) is 10.1 Å². The van der Waals surface area contributed by atoms with Crippen LogP contribution >= 0.6 is 0 Å². The van der Waals surface area contributed by atoms with Gasteiger partial charge in [-0.1, -0.05) is 0 Å². The number of hydrogen-bond acceptors (Lipinski definition) is 7. The van der Waals surface area contributed by atoms with E-state index in [0.717, 1.165) is 6.20 Å². The van der Waals surface area contributed by atoms with Gasteiger partial charge in [0.25, 0.3) is 0 Å². The number of aryl methyl sites for hydroxylation is 1. The van der Waals surface area contributed by atoms with E-state index in [9.17, 15) is 20.0 Å². The zero-order valence-corrected chi connectivity index (χ0v) is 12.0. The number of rotatable bonds is 3. The summed E-state index contributed by atoms with van der Waals surface area (Å²) < 4.78 is 1.36.